The minimum Gasteiger partial charge on any atom is -0.136 e. The molecule has 120 valence electrons. The van der Waals surface area contributed by atoms with Crippen LogP contribution in [0, 0.1) is 0 Å². The summed E-state index contributed by atoms with van der Waals surface area (Å²) in [5.41, 5.74) is 2.50. The predicted molar refractivity (Wildman–Crippen MR) is 118 cm³/mol. The first-order valence-electron chi connectivity index (χ1n) is 8.05. The molecule has 0 N–H and O–H groups in total. The van der Waals surface area contributed by atoms with Gasteiger partial charge in [-0.2, -0.15) is 0 Å². The smallest absolute Gasteiger partial charge is 0.0770 e. The van der Waals surface area contributed by atoms with Crippen molar-refractivity contribution in [1.82, 2.24) is 0 Å². The molecule has 0 radical (unpaired) electrons. The molecule has 3 aromatic carbocycles. The van der Waals surface area contributed by atoms with Crippen LogP contribution in [0.15, 0.2) is 69.8 Å². The Bertz CT molecular complexity index is 1260. The van der Waals surface area contributed by atoms with Gasteiger partial charge >= 0.3 is 0 Å². The molecule has 2 aromatic heterocycles. The Morgan fingerprint density at radius 2 is 1.44 bits per heavy atom. The van der Waals surface area contributed by atoms with Gasteiger partial charge in [0.1, 0.15) is 0 Å². The Morgan fingerprint density at radius 3 is 2.24 bits per heavy atom. The van der Waals surface area contributed by atoms with Crippen LogP contribution in [0.25, 0.3) is 43.1 Å². The fourth-order valence-electron chi connectivity index (χ4n) is 3.35. The van der Waals surface area contributed by atoms with E-state index in [4.69, 9.17) is 0 Å². The zero-order valence-corrected chi connectivity index (χ0v) is 16.4. The number of rotatable bonds is 2. The number of thiophene rings is 2. The molecule has 0 aliphatic rings. The van der Waals surface area contributed by atoms with Crippen molar-refractivity contribution in [2.75, 3.05) is 0 Å². The lowest BCUT2D eigenvalue weighted by Gasteiger charge is -2.05. The van der Waals surface area contributed by atoms with Crippen molar-refractivity contribution in [1.29, 1.82) is 0 Å². The first-order chi connectivity index (χ1) is 12.3. The van der Waals surface area contributed by atoms with Gasteiger partial charge in [0.15, 0.2) is 0 Å². The highest BCUT2D eigenvalue weighted by molar-refractivity contribution is 9.11. The average Bonchev–Trinajstić information content (AvgIpc) is 3.22. The van der Waals surface area contributed by atoms with Crippen molar-refractivity contribution in [3.05, 3.63) is 81.0 Å². The first kappa shape index (κ1) is 15.3. The van der Waals surface area contributed by atoms with E-state index in [2.05, 4.69) is 94.1 Å². The van der Waals surface area contributed by atoms with Crippen LogP contribution in [0.1, 0.15) is 11.1 Å². The van der Waals surface area contributed by atoms with Gasteiger partial charge in [0.05, 0.1) is 3.79 Å². The van der Waals surface area contributed by atoms with Gasteiger partial charge in [0.2, 0.25) is 0 Å². The molecular formula is C22H13BrS2. The van der Waals surface area contributed by atoms with Gasteiger partial charge in [-0.05, 0) is 61.4 Å². The van der Waals surface area contributed by atoms with Crippen molar-refractivity contribution in [2.45, 2.75) is 0 Å². The van der Waals surface area contributed by atoms with E-state index in [0.29, 0.717) is 0 Å². The third kappa shape index (κ3) is 2.54. The van der Waals surface area contributed by atoms with Crippen molar-refractivity contribution in [3.8, 4) is 0 Å². The van der Waals surface area contributed by atoms with Crippen molar-refractivity contribution in [2.24, 2.45) is 0 Å². The Balaban J connectivity index is 1.82. The summed E-state index contributed by atoms with van der Waals surface area (Å²) in [4.78, 5) is 0. The Morgan fingerprint density at radius 1 is 0.720 bits per heavy atom. The van der Waals surface area contributed by atoms with E-state index in [1.54, 1.807) is 11.3 Å². The highest BCUT2D eigenvalue weighted by Gasteiger charge is 2.10. The second-order valence-corrected chi connectivity index (χ2v) is 9.28. The molecule has 2 heterocycles. The van der Waals surface area contributed by atoms with Crippen molar-refractivity contribution >= 4 is 81.7 Å². The number of benzene rings is 3. The standard InChI is InChI=1S/C22H13BrS2/c23-22-14(11-12-24-22)9-10-15-13-20-21(17-6-2-1-5-16(15)17)18-7-3-4-8-19(18)25-20/h1-13H/b10-9+. The molecule has 25 heavy (non-hydrogen) atoms. The minimum absolute atomic E-state index is 1.18. The van der Waals surface area contributed by atoms with E-state index in [0.717, 1.165) is 0 Å². The van der Waals surface area contributed by atoms with Gasteiger partial charge in [0.25, 0.3) is 0 Å². The fourth-order valence-corrected chi connectivity index (χ4v) is 5.72. The van der Waals surface area contributed by atoms with Gasteiger partial charge in [-0.25, -0.2) is 0 Å². The van der Waals surface area contributed by atoms with Gasteiger partial charge in [0, 0.05) is 20.2 Å². The maximum absolute atomic E-state index is 3.62. The lowest BCUT2D eigenvalue weighted by atomic mass is 9.99. The maximum Gasteiger partial charge on any atom is 0.0770 e. The largest absolute Gasteiger partial charge is 0.136 e. The van der Waals surface area contributed by atoms with E-state index in [1.165, 1.54) is 45.9 Å². The zero-order valence-electron chi connectivity index (χ0n) is 13.2. The van der Waals surface area contributed by atoms with Crippen LogP contribution in [0.2, 0.25) is 0 Å². The molecule has 0 bridgehead atoms. The van der Waals surface area contributed by atoms with Gasteiger partial charge in [-0.1, -0.05) is 54.6 Å². The molecule has 0 saturated heterocycles. The Kier molecular flexibility index (Phi) is 3.74. The highest BCUT2D eigenvalue weighted by Crippen LogP contribution is 2.40. The van der Waals surface area contributed by atoms with Crippen LogP contribution in [0.3, 0.4) is 0 Å². The number of halogens is 1. The molecule has 0 atom stereocenters. The molecule has 0 aliphatic carbocycles. The average molecular weight is 421 g/mol. The van der Waals surface area contributed by atoms with Crippen molar-refractivity contribution < 1.29 is 0 Å². The molecule has 0 fully saturated rings. The molecule has 0 saturated carbocycles. The lowest BCUT2D eigenvalue weighted by molar-refractivity contribution is 1.78. The van der Waals surface area contributed by atoms with Crippen LogP contribution >= 0.6 is 38.6 Å². The lowest BCUT2D eigenvalue weighted by Crippen LogP contribution is -1.80. The van der Waals surface area contributed by atoms with E-state index in [9.17, 15) is 0 Å². The van der Waals surface area contributed by atoms with Crippen LogP contribution in [-0.4, -0.2) is 0 Å². The Labute approximate surface area is 162 Å². The number of fused-ring (bicyclic) bond motifs is 5. The Hall–Kier alpha value is -1.94. The van der Waals surface area contributed by atoms with Crippen LogP contribution in [-0.2, 0) is 0 Å². The summed E-state index contributed by atoms with van der Waals surface area (Å²) in [6.45, 7) is 0. The van der Waals surface area contributed by atoms with Gasteiger partial charge in [-0.15, -0.1) is 22.7 Å². The van der Waals surface area contributed by atoms with E-state index in [1.807, 2.05) is 11.3 Å². The summed E-state index contributed by atoms with van der Waals surface area (Å²) in [6, 6.07) is 21.9. The summed E-state index contributed by atoms with van der Waals surface area (Å²) in [5.74, 6) is 0. The molecule has 0 spiro atoms. The first-order valence-corrected chi connectivity index (χ1v) is 10.5. The molecule has 0 aliphatic heterocycles. The van der Waals surface area contributed by atoms with Gasteiger partial charge in [-0.3, -0.25) is 0 Å². The summed E-state index contributed by atoms with van der Waals surface area (Å²) in [6.07, 6.45) is 4.43. The molecule has 3 heteroatoms. The van der Waals surface area contributed by atoms with E-state index < -0.39 is 0 Å². The fraction of sp³-hybridized carbons (Fsp3) is 0. The monoisotopic (exact) mass is 420 g/mol. The summed E-state index contributed by atoms with van der Waals surface area (Å²) in [7, 11) is 0. The molecule has 5 rings (SSSR count). The van der Waals surface area contributed by atoms with Crippen LogP contribution < -0.4 is 0 Å². The molecule has 0 nitrogen and oxygen atoms in total. The number of hydrogen-bond donors (Lipinski definition) is 0. The molecule has 0 amide bonds. The van der Waals surface area contributed by atoms with Crippen molar-refractivity contribution in [3.63, 3.8) is 0 Å². The van der Waals surface area contributed by atoms with E-state index >= 15 is 0 Å². The van der Waals surface area contributed by atoms with Crippen LogP contribution in [0.5, 0.6) is 0 Å². The third-order valence-corrected chi connectivity index (χ3v) is 7.36. The third-order valence-electron chi connectivity index (χ3n) is 4.51. The van der Waals surface area contributed by atoms with Gasteiger partial charge < -0.3 is 0 Å². The quantitative estimate of drug-likeness (QED) is 0.269. The van der Waals surface area contributed by atoms with E-state index in [-0.39, 0.29) is 0 Å². The maximum atomic E-state index is 3.62. The molecule has 0 unspecified atom stereocenters. The molecule has 5 aromatic rings. The SMILES string of the molecule is Brc1sccc1/C=C/c1cc2sc3ccccc3c2c2ccccc12. The van der Waals surface area contributed by atoms with Crippen LogP contribution in [0.4, 0.5) is 0 Å². The second kappa shape index (κ2) is 6.10. The summed E-state index contributed by atoms with van der Waals surface area (Å²) >= 11 is 7.21. The normalized spacial score (nSPS) is 12.0. The minimum atomic E-state index is 1.18. The topological polar surface area (TPSA) is 0 Å². The summed E-state index contributed by atoms with van der Waals surface area (Å²) in [5, 5.41) is 7.49. The highest BCUT2D eigenvalue weighted by atomic mass is 79.9. The predicted octanol–water partition coefficient (Wildman–Crippen LogP) is 8.20. The number of hydrogen-bond acceptors (Lipinski definition) is 2. The summed E-state index contributed by atoms with van der Waals surface area (Å²) < 4.78 is 3.88. The zero-order chi connectivity index (χ0) is 16.8. The second-order valence-electron chi connectivity index (χ2n) is 5.97. The molecular weight excluding hydrogens is 408 g/mol.